The molecule has 10 heteroatoms. The van der Waals surface area contributed by atoms with Crippen LogP contribution in [0.4, 0.5) is 14.6 Å². The Kier molecular flexibility index (Phi) is 4.46. The summed E-state index contributed by atoms with van der Waals surface area (Å²) in [6.07, 6.45) is 2.83. The molecule has 1 fully saturated rings. The smallest absolute Gasteiger partial charge is 0.276 e. The van der Waals surface area contributed by atoms with Crippen LogP contribution in [0.3, 0.4) is 0 Å². The third kappa shape index (κ3) is 3.17. The predicted molar refractivity (Wildman–Crippen MR) is 96.5 cm³/mol. The summed E-state index contributed by atoms with van der Waals surface area (Å²) < 4.78 is 29.5. The minimum absolute atomic E-state index is 0.0989. The summed E-state index contributed by atoms with van der Waals surface area (Å²) >= 11 is 0. The zero-order chi connectivity index (χ0) is 19.8. The molecular formula is C18H17F2N7O. The van der Waals surface area contributed by atoms with Gasteiger partial charge in [-0.25, -0.2) is 18.7 Å². The molecule has 1 aliphatic heterocycles. The second kappa shape index (κ2) is 6.95. The number of benzene rings is 1. The minimum atomic E-state index is -0.574. The molecule has 0 N–H and O–H groups in total. The molecule has 3 heterocycles. The van der Waals surface area contributed by atoms with E-state index in [0.717, 1.165) is 0 Å². The average molecular weight is 385 g/mol. The van der Waals surface area contributed by atoms with E-state index in [1.807, 2.05) is 0 Å². The first-order valence-corrected chi connectivity index (χ1v) is 8.59. The van der Waals surface area contributed by atoms with E-state index in [0.29, 0.717) is 18.7 Å². The number of aryl methyl sites for hydroxylation is 1. The highest BCUT2D eigenvalue weighted by atomic mass is 19.1. The van der Waals surface area contributed by atoms with Crippen molar-refractivity contribution in [2.75, 3.05) is 25.0 Å². The molecule has 1 aromatic carbocycles. The number of amides is 1. The number of halogens is 2. The molecule has 144 valence electrons. The van der Waals surface area contributed by atoms with Crippen LogP contribution in [0.1, 0.15) is 10.5 Å². The Bertz CT molecular complexity index is 1020. The first-order chi connectivity index (χ1) is 13.4. The third-order valence-corrected chi connectivity index (χ3v) is 4.74. The van der Waals surface area contributed by atoms with E-state index in [2.05, 4.69) is 20.3 Å². The highest BCUT2D eigenvalue weighted by Gasteiger charge is 2.36. The second-order valence-corrected chi connectivity index (χ2v) is 6.62. The van der Waals surface area contributed by atoms with E-state index >= 15 is 0 Å². The molecule has 0 spiro atoms. The number of anilines is 1. The average Bonchev–Trinajstić information content (AvgIpc) is 3.08. The van der Waals surface area contributed by atoms with Gasteiger partial charge in [0, 0.05) is 32.7 Å². The lowest BCUT2D eigenvalue weighted by molar-refractivity contribution is 0.0698. The van der Waals surface area contributed by atoms with Gasteiger partial charge in [0.1, 0.15) is 17.8 Å². The molecule has 28 heavy (non-hydrogen) atoms. The molecule has 1 amide bonds. The van der Waals surface area contributed by atoms with Gasteiger partial charge in [-0.1, -0.05) is 5.21 Å². The number of aromatic nitrogens is 5. The summed E-state index contributed by atoms with van der Waals surface area (Å²) in [6.45, 7) is 0.860. The Morgan fingerprint density at radius 2 is 1.89 bits per heavy atom. The summed E-state index contributed by atoms with van der Waals surface area (Å²) in [6, 6.07) is 5.35. The van der Waals surface area contributed by atoms with Gasteiger partial charge in [-0.05, 0) is 24.3 Å². The van der Waals surface area contributed by atoms with Crippen molar-refractivity contribution in [2.24, 2.45) is 7.05 Å². The molecule has 0 atom stereocenters. The molecule has 1 saturated heterocycles. The monoisotopic (exact) mass is 385 g/mol. The van der Waals surface area contributed by atoms with E-state index in [1.54, 1.807) is 30.1 Å². The van der Waals surface area contributed by atoms with Crippen LogP contribution in [0.5, 0.6) is 0 Å². The highest BCUT2D eigenvalue weighted by molar-refractivity contribution is 5.92. The van der Waals surface area contributed by atoms with Gasteiger partial charge in [0.25, 0.3) is 5.91 Å². The quantitative estimate of drug-likeness (QED) is 0.677. The van der Waals surface area contributed by atoms with Gasteiger partial charge < -0.3 is 9.80 Å². The number of likely N-dealkylation sites (N-methyl/N-ethyl adjacent to an activating group) is 1. The van der Waals surface area contributed by atoms with Gasteiger partial charge in [-0.15, -0.1) is 5.10 Å². The van der Waals surface area contributed by atoms with Crippen LogP contribution >= 0.6 is 0 Å². The van der Waals surface area contributed by atoms with E-state index in [1.165, 1.54) is 35.3 Å². The second-order valence-electron chi connectivity index (χ2n) is 6.62. The lowest BCUT2D eigenvalue weighted by atomic mass is 10.1. The summed E-state index contributed by atoms with van der Waals surface area (Å²) in [5, 5.41) is 7.58. The van der Waals surface area contributed by atoms with Gasteiger partial charge >= 0.3 is 0 Å². The number of hydrogen-bond donors (Lipinski definition) is 0. The van der Waals surface area contributed by atoms with Gasteiger partial charge in [-0.3, -0.25) is 9.48 Å². The molecule has 2 aromatic heterocycles. The Hall–Kier alpha value is -3.43. The van der Waals surface area contributed by atoms with Crippen molar-refractivity contribution in [3.05, 3.63) is 54.1 Å². The number of nitrogens with zero attached hydrogens (tertiary/aromatic N) is 7. The van der Waals surface area contributed by atoms with Crippen molar-refractivity contribution in [2.45, 2.75) is 6.04 Å². The zero-order valence-electron chi connectivity index (χ0n) is 15.3. The predicted octanol–water partition coefficient (Wildman–Crippen LogP) is 1.51. The van der Waals surface area contributed by atoms with Crippen molar-refractivity contribution in [3.8, 4) is 11.3 Å². The number of carbonyl (C=O) groups excluding carboxylic acids is 1. The van der Waals surface area contributed by atoms with Crippen molar-refractivity contribution >= 4 is 11.7 Å². The van der Waals surface area contributed by atoms with Crippen LogP contribution in [0.25, 0.3) is 11.3 Å². The van der Waals surface area contributed by atoms with E-state index in [-0.39, 0.29) is 29.2 Å². The first-order valence-electron chi connectivity index (χ1n) is 8.59. The molecule has 0 bridgehead atoms. The van der Waals surface area contributed by atoms with Crippen molar-refractivity contribution in [3.63, 3.8) is 0 Å². The molecule has 0 saturated carbocycles. The Morgan fingerprint density at radius 3 is 2.54 bits per heavy atom. The fourth-order valence-corrected chi connectivity index (χ4v) is 3.06. The molecule has 3 aromatic rings. The third-order valence-electron chi connectivity index (χ3n) is 4.74. The summed E-state index contributed by atoms with van der Waals surface area (Å²) in [5.41, 5.74) is 0.835. The van der Waals surface area contributed by atoms with Crippen molar-refractivity contribution < 1.29 is 13.6 Å². The van der Waals surface area contributed by atoms with Crippen LogP contribution in [0, 0.1) is 11.6 Å². The van der Waals surface area contributed by atoms with E-state index in [4.69, 9.17) is 0 Å². The minimum Gasteiger partial charge on any atom is -0.350 e. The summed E-state index contributed by atoms with van der Waals surface area (Å²) in [5.74, 6) is -1.06. The lowest BCUT2D eigenvalue weighted by Gasteiger charge is -2.44. The highest BCUT2D eigenvalue weighted by Crippen LogP contribution is 2.29. The standard InChI is InChI=1S/C18H17F2N7O/c1-25-9-14(23-24-25)18(28)26(2)13-7-27(8-13)17-15(20)16(21-10-22-17)11-3-5-12(19)6-4-11/h3-6,9-10,13H,7-8H2,1-2H3. The topological polar surface area (TPSA) is 80.0 Å². The van der Waals surface area contributed by atoms with Crippen LogP contribution in [0.15, 0.2) is 36.8 Å². The normalized spacial score (nSPS) is 14.1. The molecule has 1 aliphatic rings. The van der Waals surface area contributed by atoms with Crippen LogP contribution in [0.2, 0.25) is 0 Å². The molecule has 0 unspecified atom stereocenters. The maximum Gasteiger partial charge on any atom is 0.276 e. The van der Waals surface area contributed by atoms with Gasteiger partial charge in [0.15, 0.2) is 17.3 Å². The summed E-state index contributed by atoms with van der Waals surface area (Å²) in [4.78, 5) is 23.8. The van der Waals surface area contributed by atoms with Crippen LogP contribution in [-0.4, -0.2) is 61.9 Å². The molecule has 8 nitrogen and oxygen atoms in total. The molecule has 0 aliphatic carbocycles. The van der Waals surface area contributed by atoms with E-state index < -0.39 is 11.6 Å². The fourth-order valence-electron chi connectivity index (χ4n) is 3.06. The van der Waals surface area contributed by atoms with Gasteiger partial charge in [0.2, 0.25) is 0 Å². The zero-order valence-corrected chi connectivity index (χ0v) is 15.3. The van der Waals surface area contributed by atoms with Crippen molar-refractivity contribution in [1.29, 1.82) is 0 Å². The first kappa shape index (κ1) is 18.0. The largest absolute Gasteiger partial charge is 0.350 e. The van der Waals surface area contributed by atoms with Gasteiger partial charge in [0.05, 0.1) is 12.2 Å². The molecule has 4 rings (SSSR count). The Labute approximate surface area is 159 Å². The molecule has 0 radical (unpaired) electrons. The Morgan fingerprint density at radius 1 is 1.18 bits per heavy atom. The Balaban J connectivity index is 1.48. The maximum absolute atomic E-state index is 14.9. The number of rotatable bonds is 4. The number of carbonyl (C=O) groups is 1. The van der Waals surface area contributed by atoms with Crippen LogP contribution in [-0.2, 0) is 7.05 Å². The SMILES string of the molecule is CN(C(=O)c1cn(C)nn1)C1CN(c2ncnc(-c3ccc(F)cc3)c2F)C1. The van der Waals surface area contributed by atoms with E-state index in [9.17, 15) is 13.6 Å². The van der Waals surface area contributed by atoms with Crippen molar-refractivity contribution in [1.82, 2.24) is 29.9 Å². The number of hydrogen-bond acceptors (Lipinski definition) is 6. The van der Waals surface area contributed by atoms with Crippen LogP contribution < -0.4 is 4.90 Å². The lowest BCUT2D eigenvalue weighted by Crippen LogP contribution is -2.60. The maximum atomic E-state index is 14.9. The summed E-state index contributed by atoms with van der Waals surface area (Å²) in [7, 11) is 3.37. The van der Waals surface area contributed by atoms with Gasteiger partial charge in [-0.2, -0.15) is 0 Å². The fraction of sp³-hybridized carbons (Fsp3) is 0.278. The molecular weight excluding hydrogens is 368 g/mol.